The topological polar surface area (TPSA) is 84.6 Å². The van der Waals surface area contributed by atoms with E-state index in [0.717, 1.165) is 19.3 Å². The molecule has 2 unspecified atom stereocenters. The van der Waals surface area contributed by atoms with Crippen molar-refractivity contribution in [3.8, 4) is 5.75 Å². The van der Waals surface area contributed by atoms with Gasteiger partial charge in [0.1, 0.15) is 5.75 Å². The highest BCUT2D eigenvalue weighted by Crippen LogP contribution is 2.30. The molecule has 0 heterocycles. The van der Waals surface area contributed by atoms with Crippen LogP contribution in [0, 0.1) is 11.8 Å². The standard InChI is InChI=1S/C15H22N2O3/c16-13-4-6-14(7-5-13)20-10-15(19)17-8-11-2-1-3-12(11)9-18/h4-7,11-12,18H,1-3,8-10,16H2,(H,17,19). The molecule has 0 bridgehead atoms. The molecule has 0 radical (unpaired) electrons. The molecule has 1 aromatic rings. The third kappa shape index (κ3) is 4.13. The van der Waals surface area contributed by atoms with E-state index in [1.54, 1.807) is 24.3 Å². The summed E-state index contributed by atoms with van der Waals surface area (Å²) in [5.74, 6) is 1.21. The second-order valence-electron chi connectivity index (χ2n) is 5.30. The number of anilines is 1. The molecule has 5 heteroatoms. The molecule has 0 saturated heterocycles. The third-order valence-corrected chi connectivity index (χ3v) is 3.86. The van der Waals surface area contributed by atoms with E-state index in [-0.39, 0.29) is 19.1 Å². The molecular formula is C15H22N2O3. The minimum absolute atomic E-state index is 0.000426. The van der Waals surface area contributed by atoms with E-state index in [1.165, 1.54) is 0 Å². The lowest BCUT2D eigenvalue weighted by atomic mass is 9.97. The Balaban J connectivity index is 1.69. The quantitative estimate of drug-likeness (QED) is 0.682. The molecule has 0 aromatic heterocycles. The van der Waals surface area contributed by atoms with Gasteiger partial charge in [0, 0.05) is 18.8 Å². The highest BCUT2D eigenvalue weighted by molar-refractivity contribution is 5.77. The molecule has 110 valence electrons. The number of nitrogens with two attached hydrogens (primary N) is 1. The second kappa shape index (κ2) is 7.14. The number of carbonyl (C=O) groups excluding carboxylic acids is 1. The van der Waals surface area contributed by atoms with E-state index in [2.05, 4.69) is 5.32 Å². The van der Waals surface area contributed by atoms with Gasteiger partial charge < -0.3 is 20.9 Å². The number of hydrogen-bond donors (Lipinski definition) is 3. The normalized spacial score (nSPS) is 21.6. The van der Waals surface area contributed by atoms with Gasteiger partial charge in [-0.1, -0.05) is 6.42 Å². The molecule has 1 aliphatic carbocycles. The Bertz CT molecular complexity index is 433. The third-order valence-electron chi connectivity index (χ3n) is 3.86. The Hall–Kier alpha value is -1.75. The molecule has 20 heavy (non-hydrogen) atoms. The van der Waals surface area contributed by atoms with Crippen molar-refractivity contribution in [1.29, 1.82) is 0 Å². The number of carbonyl (C=O) groups is 1. The van der Waals surface area contributed by atoms with Gasteiger partial charge in [0.25, 0.3) is 5.91 Å². The first kappa shape index (κ1) is 14.7. The first-order chi connectivity index (χ1) is 9.69. The molecule has 0 spiro atoms. The summed E-state index contributed by atoms with van der Waals surface area (Å²) in [5, 5.41) is 12.1. The van der Waals surface area contributed by atoms with Crippen molar-refractivity contribution < 1.29 is 14.6 Å². The number of nitrogen functional groups attached to an aromatic ring is 1. The molecule has 2 rings (SSSR count). The first-order valence-corrected chi connectivity index (χ1v) is 7.05. The minimum Gasteiger partial charge on any atom is -0.484 e. The van der Waals surface area contributed by atoms with Crippen LogP contribution in [-0.2, 0) is 4.79 Å². The number of ether oxygens (including phenoxy) is 1. The van der Waals surface area contributed by atoms with Crippen molar-refractivity contribution >= 4 is 11.6 Å². The summed E-state index contributed by atoms with van der Waals surface area (Å²) in [5.41, 5.74) is 6.24. The predicted octanol–water partition coefficient (Wildman–Crippen LogP) is 1.17. The maximum Gasteiger partial charge on any atom is 0.257 e. The van der Waals surface area contributed by atoms with Crippen LogP contribution >= 0.6 is 0 Å². The maximum atomic E-state index is 11.7. The summed E-state index contributed by atoms with van der Waals surface area (Å²) < 4.78 is 5.37. The molecule has 1 saturated carbocycles. The fraction of sp³-hybridized carbons (Fsp3) is 0.533. The number of aliphatic hydroxyl groups excluding tert-OH is 1. The van der Waals surface area contributed by atoms with Gasteiger partial charge in [-0.3, -0.25) is 4.79 Å². The van der Waals surface area contributed by atoms with Crippen molar-refractivity contribution in [3.63, 3.8) is 0 Å². The molecule has 4 N–H and O–H groups in total. The summed E-state index contributed by atoms with van der Waals surface area (Å²) in [7, 11) is 0. The smallest absolute Gasteiger partial charge is 0.257 e. The second-order valence-corrected chi connectivity index (χ2v) is 5.30. The lowest BCUT2D eigenvalue weighted by Crippen LogP contribution is -2.34. The van der Waals surface area contributed by atoms with E-state index in [4.69, 9.17) is 10.5 Å². The first-order valence-electron chi connectivity index (χ1n) is 7.05. The summed E-state index contributed by atoms with van der Waals surface area (Å²) in [4.78, 5) is 11.7. The zero-order valence-corrected chi connectivity index (χ0v) is 11.5. The molecule has 1 fully saturated rings. The van der Waals surface area contributed by atoms with Gasteiger partial charge in [-0.05, 0) is 48.9 Å². The highest BCUT2D eigenvalue weighted by Gasteiger charge is 2.26. The minimum atomic E-state index is -0.134. The summed E-state index contributed by atoms with van der Waals surface area (Å²) >= 11 is 0. The van der Waals surface area contributed by atoms with E-state index in [1.807, 2.05) is 0 Å². The lowest BCUT2D eigenvalue weighted by molar-refractivity contribution is -0.123. The van der Waals surface area contributed by atoms with Crippen LogP contribution in [0.2, 0.25) is 0 Å². The largest absolute Gasteiger partial charge is 0.484 e. The van der Waals surface area contributed by atoms with Crippen LogP contribution in [0.5, 0.6) is 5.75 Å². The average Bonchev–Trinajstić information content (AvgIpc) is 2.92. The van der Waals surface area contributed by atoms with Gasteiger partial charge in [0.15, 0.2) is 6.61 Å². The van der Waals surface area contributed by atoms with Gasteiger partial charge >= 0.3 is 0 Å². The number of nitrogens with one attached hydrogen (secondary N) is 1. The Morgan fingerprint density at radius 1 is 1.30 bits per heavy atom. The van der Waals surface area contributed by atoms with Crippen molar-refractivity contribution in [2.45, 2.75) is 19.3 Å². The molecule has 2 atom stereocenters. The van der Waals surface area contributed by atoms with Crippen LogP contribution in [0.15, 0.2) is 24.3 Å². The zero-order valence-electron chi connectivity index (χ0n) is 11.5. The van der Waals surface area contributed by atoms with Crippen LogP contribution in [-0.4, -0.2) is 30.8 Å². The number of benzene rings is 1. The summed E-state index contributed by atoms with van der Waals surface area (Å²) in [6.07, 6.45) is 3.26. The number of amides is 1. The zero-order chi connectivity index (χ0) is 14.4. The van der Waals surface area contributed by atoms with Crippen LogP contribution in [0.3, 0.4) is 0 Å². The van der Waals surface area contributed by atoms with Crippen LogP contribution < -0.4 is 15.8 Å². The molecule has 1 aliphatic rings. The SMILES string of the molecule is Nc1ccc(OCC(=O)NCC2CCCC2CO)cc1. The fourth-order valence-electron chi connectivity index (χ4n) is 2.63. The van der Waals surface area contributed by atoms with Gasteiger partial charge in [0.2, 0.25) is 0 Å². The van der Waals surface area contributed by atoms with E-state index in [0.29, 0.717) is 29.8 Å². The van der Waals surface area contributed by atoms with Crippen molar-refractivity contribution in [2.24, 2.45) is 11.8 Å². The predicted molar refractivity (Wildman–Crippen MR) is 77.3 cm³/mol. The molecule has 5 nitrogen and oxygen atoms in total. The number of hydrogen-bond acceptors (Lipinski definition) is 4. The highest BCUT2D eigenvalue weighted by atomic mass is 16.5. The number of rotatable bonds is 6. The fourth-order valence-corrected chi connectivity index (χ4v) is 2.63. The van der Waals surface area contributed by atoms with Gasteiger partial charge in [0.05, 0.1) is 0 Å². The van der Waals surface area contributed by atoms with Gasteiger partial charge in [-0.25, -0.2) is 0 Å². The molecular weight excluding hydrogens is 256 g/mol. The van der Waals surface area contributed by atoms with Gasteiger partial charge in [-0.15, -0.1) is 0 Å². The monoisotopic (exact) mass is 278 g/mol. The summed E-state index contributed by atoms with van der Waals surface area (Å²) in [6.45, 7) is 0.831. The number of aliphatic hydroxyl groups is 1. The van der Waals surface area contributed by atoms with Crippen LogP contribution in [0.4, 0.5) is 5.69 Å². The molecule has 0 aliphatic heterocycles. The van der Waals surface area contributed by atoms with Gasteiger partial charge in [-0.2, -0.15) is 0 Å². The Morgan fingerprint density at radius 2 is 2.00 bits per heavy atom. The Kier molecular flexibility index (Phi) is 5.24. The molecule has 1 amide bonds. The maximum absolute atomic E-state index is 11.7. The van der Waals surface area contributed by atoms with E-state index >= 15 is 0 Å². The lowest BCUT2D eigenvalue weighted by Gasteiger charge is -2.17. The van der Waals surface area contributed by atoms with E-state index < -0.39 is 0 Å². The van der Waals surface area contributed by atoms with E-state index in [9.17, 15) is 9.90 Å². The van der Waals surface area contributed by atoms with Crippen molar-refractivity contribution in [3.05, 3.63) is 24.3 Å². The van der Waals surface area contributed by atoms with Crippen LogP contribution in [0.1, 0.15) is 19.3 Å². The Labute approximate surface area is 119 Å². The molecule has 1 aromatic carbocycles. The summed E-state index contributed by atoms with van der Waals surface area (Å²) in [6, 6.07) is 6.94. The van der Waals surface area contributed by atoms with Crippen LogP contribution in [0.25, 0.3) is 0 Å². The van der Waals surface area contributed by atoms with Crippen molar-refractivity contribution in [2.75, 3.05) is 25.5 Å². The Morgan fingerprint density at radius 3 is 2.70 bits per heavy atom. The van der Waals surface area contributed by atoms with Crippen molar-refractivity contribution in [1.82, 2.24) is 5.32 Å². The average molecular weight is 278 g/mol.